The highest BCUT2D eigenvalue weighted by atomic mass is 35.5. The largest absolute Gasteiger partial charge is 0.483 e. The second kappa shape index (κ2) is 7.67. The molecule has 0 saturated heterocycles. The van der Waals surface area contributed by atoms with E-state index in [2.05, 4.69) is 4.98 Å². The highest BCUT2D eigenvalue weighted by Gasteiger charge is 2.29. The molecular weight excluding hydrogens is 404 g/mol. The van der Waals surface area contributed by atoms with Gasteiger partial charge >= 0.3 is 12.1 Å². The number of esters is 1. The molecule has 0 aliphatic carbocycles. The molecule has 0 N–H and O–H groups in total. The summed E-state index contributed by atoms with van der Waals surface area (Å²) in [6.07, 6.45) is -1.75. The molecule has 3 rings (SSSR count). The zero-order valence-corrected chi connectivity index (χ0v) is 15.1. The standard InChI is InChI=1S/C18H13ClF4N2O3/c1-2-27-17(26)14-8-25-7-10(19)5-13(16(25)24-14)12-4-3-11(20)6-15(12)28-9-18(21,22)23/h3-8H,2,9H2,1H3. The van der Waals surface area contributed by atoms with Crippen LogP contribution in [0.2, 0.25) is 5.02 Å². The van der Waals surface area contributed by atoms with Gasteiger partial charge in [-0.25, -0.2) is 14.2 Å². The highest BCUT2D eigenvalue weighted by Crippen LogP contribution is 2.36. The molecule has 0 spiro atoms. The summed E-state index contributed by atoms with van der Waals surface area (Å²) in [5.74, 6) is -1.77. The monoisotopic (exact) mass is 416 g/mol. The number of hydrogen-bond acceptors (Lipinski definition) is 4. The average molecular weight is 417 g/mol. The minimum atomic E-state index is -4.60. The van der Waals surface area contributed by atoms with Crippen LogP contribution in [-0.4, -0.2) is 34.7 Å². The molecule has 0 amide bonds. The van der Waals surface area contributed by atoms with Crippen LogP contribution in [0.1, 0.15) is 17.4 Å². The van der Waals surface area contributed by atoms with Gasteiger partial charge in [-0.2, -0.15) is 13.2 Å². The third-order valence-corrected chi connectivity index (χ3v) is 3.83. The average Bonchev–Trinajstić information content (AvgIpc) is 3.03. The van der Waals surface area contributed by atoms with Gasteiger partial charge in [0, 0.05) is 29.6 Å². The van der Waals surface area contributed by atoms with Crippen molar-refractivity contribution in [3.05, 3.63) is 53.2 Å². The number of rotatable bonds is 5. The molecule has 5 nitrogen and oxygen atoms in total. The van der Waals surface area contributed by atoms with Gasteiger partial charge in [-0.05, 0) is 25.1 Å². The number of carbonyl (C=O) groups excluding carboxylic acids is 1. The number of hydrogen-bond donors (Lipinski definition) is 0. The number of alkyl halides is 3. The molecule has 0 radical (unpaired) electrons. The molecule has 2 aromatic heterocycles. The lowest BCUT2D eigenvalue weighted by Gasteiger charge is -2.14. The Bertz CT molecular complexity index is 1030. The van der Waals surface area contributed by atoms with E-state index in [1.54, 1.807) is 6.92 Å². The van der Waals surface area contributed by atoms with E-state index in [9.17, 15) is 22.4 Å². The third kappa shape index (κ3) is 4.36. The summed E-state index contributed by atoms with van der Waals surface area (Å²) >= 11 is 6.10. The number of halogens is 5. The first-order chi connectivity index (χ1) is 13.2. The van der Waals surface area contributed by atoms with Gasteiger partial charge < -0.3 is 13.9 Å². The molecule has 1 aromatic carbocycles. The molecule has 0 fully saturated rings. The maximum absolute atomic E-state index is 13.6. The lowest BCUT2D eigenvalue weighted by Crippen LogP contribution is -2.19. The summed E-state index contributed by atoms with van der Waals surface area (Å²) in [6.45, 7) is 0.190. The van der Waals surface area contributed by atoms with Crippen molar-refractivity contribution in [1.82, 2.24) is 9.38 Å². The minimum absolute atomic E-state index is 0.00904. The normalized spacial score (nSPS) is 11.6. The summed E-state index contributed by atoms with van der Waals surface area (Å²) < 4.78 is 62.4. The second-order valence-corrected chi connectivity index (χ2v) is 6.13. The maximum Gasteiger partial charge on any atom is 0.422 e. The zero-order valence-electron chi connectivity index (χ0n) is 14.4. The van der Waals surface area contributed by atoms with E-state index < -0.39 is 24.6 Å². The van der Waals surface area contributed by atoms with E-state index in [1.165, 1.54) is 28.9 Å². The molecule has 28 heavy (non-hydrogen) atoms. The van der Waals surface area contributed by atoms with Gasteiger partial charge in [-0.15, -0.1) is 0 Å². The second-order valence-electron chi connectivity index (χ2n) is 5.69. The summed E-state index contributed by atoms with van der Waals surface area (Å²) in [5, 5.41) is 0.224. The highest BCUT2D eigenvalue weighted by molar-refractivity contribution is 6.31. The molecule has 0 atom stereocenters. The Morgan fingerprint density at radius 2 is 1.96 bits per heavy atom. The minimum Gasteiger partial charge on any atom is -0.483 e. The molecule has 0 aliphatic rings. The van der Waals surface area contributed by atoms with Gasteiger partial charge in [0.15, 0.2) is 12.3 Å². The van der Waals surface area contributed by atoms with Gasteiger partial charge in [0.1, 0.15) is 17.2 Å². The Kier molecular flexibility index (Phi) is 5.46. The Morgan fingerprint density at radius 3 is 2.64 bits per heavy atom. The van der Waals surface area contributed by atoms with Crippen LogP contribution in [0.5, 0.6) is 5.75 Å². The number of benzene rings is 1. The number of nitrogens with zero attached hydrogens (tertiary/aromatic N) is 2. The molecule has 0 aliphatic heterocycles. The van der Waals surface area contributed by atoms with Gasteiger partial charge in [0.25, 0.3) is 0 Å². The number of carbonyl (C=O) groups is 1. The van der Waals surface area contributed by atoms with Crippen molar-refractivity contribution in [2.24, 2.45) is 0 Å². The van der Waals surface area contributed by atoms with Crippen LogP contribution in [0.4, 0.5) is 17.6 Å². The lowest BCUT2D eigenvalue weighted by molar-refractivity contribution is -0.153. The summed E-state index contributed by atoms with van der Waals surface area (Å²) in [4.78, 5) is 16.1. The molecular formula is C18H13ClF4N2O3. The molecule has 2 heterocycles. The molecule has 3 aromatic rings. The Hall–Kier alpha value is -2.81. The van der Waals surface area contributed by atoms with E-state index in [-0.39, 0.29) is 39.8 Å². The Balaban J connectivity index is 2.14. The first-order valence-electron chi connectivity index (χ1n) is 8.03. The fourth-order valence-corrected chi connectivity index (χ4v) is 2.78. The van der Waals surface area contributed by atoms with Crippen molar-refractivity contribution in [1.29, 1.82) is 0 Å². The summed E-state index contributed by atoms with van der Waals surface area (Å²) in [6, 6.07) is 4.61. The Morgan fingerprint density at radius 1 is 1.21 bits per heavy atom. The van der Waals surface area contributed by atoms with Crippen LogP contribution in [0.25, 0.3) is 16.8 Å². The van der Waals surface area contributed by atoms with Gasteiger partial charge in [-0.3, -0.25) is 0 Å². The van der Waals surface area contributed by atoms with Crippen molar-refractivity contribution in [3.63, 3.8) is 0 Å². The van der Waals surface area contributed by atoms with E-state index in [1.807, 2.05) is 0 Å². The lowest BCUT2D eigenvalue weighted by atomic mass is 10.1. The van der Waals surface area contributed by atoms with E-state index in [4.69, 9.17) is 21.1 Å². The van der Waals surface area contributed by atoms with E-state index in [0.29, 0.717) is 0 Å². The quantitative estimate of drug-likeness (QED) is 0.438. The van der Waals surface area contributed by atoms with Gasteiger partial charge in [-0.1, -0.05) is 11.6 Å². The van der Waals surface area contributed by atoms with Crippen molar-refractivity contribution in [3.8, 4) is 16.9 Å². The van der Waals surface area contributed by atoms with Gasteiger partial charge in [0.2, 0.25) is 0 Å². The smallest absolute Gasteiger partial charge is 0.422 e. The van der Waals surface area contributed by atoms with Crippen LogP contribution >= 0.6 is 11.6 Å². The van der Waals surface area contributed by atoms with Crippen LogP contribution in [-0.2, 0) is 4.74 Å². The van der Waals surface area contributed by atoms with Crippen LogP contribution in [0.15, 0.2) is 36.7 Å². The Labute approximate surface area is 161 Å². The SMILES string of the molecule is CCOC(=O)c1cn2cc(Cl)cc(-c3ccc(F)cc3OCC(F)(F)F)c2n1. The molecule has 10 heteroatoms. The van der Waals surface area contributed by atoms with Crippen LogP contribution in [0, 0.1) is 5.82 Å². The number of fused-ring (bicyclic) bond motifs is 1. The third-order valence-electron chi connectivity index (χ3n) is 3.63. The number of ether oxygens (including phenoxy) is 2. The van der Waals surface area contributed by atoms with Crippen molar-refractivity contribution >= 4 is 23.2 Å². The number of aromatic nitrogens is 2. The molecule has 148 valence electrons. The van der Waals surface area contributed by atoms with Crippen molar-refractivity contribution in [2.45, 2.75) is 13.1 Å². The molecule has 0 saturated carbocycles. The first-order valence-corrected chi connectivity index (χ1v) is 8.40. The number of imidazole rings is 1. The topological polar surface area (TPSA) is 52.8 Å². The first kappa shape index (κ1) is 19.9. The van der Waals surface area contributed by atoms with Crippen molar-refractivity contribution in [2.75, 3.05) is 13.2 Å². The summed E-state index contributed by atoms with van der Waals surface area (Å²) in [5.41, 5.74) is 0.612. The number of pyridine rings is 1. The summed E-state index contributed by atoms with van der Waals surface area (Å²) in [7, 11) is 0. The van der Waals surface area contributed by atoms with E-state index in [0.717, 1.165) is 12.1 Å². The predicted octanol–water partition coefficient (Wildman–Crippen LogP) is 4.91. The zero-order chi connectivity index (χ0) is 20.5. The van der Waals surface area contributed by atoms with Crippen LogP contribution in [0.3, 0.4) is 0 Å². The fourth-order valence-electron chi connectivity index (χ4n) is 2.56. The molecule has 0 unspecified atom stereocenters. The maximum atomic E-state index is 13.6. The fraction of sp³-hybridized carbons (Fsp3) is 0.222. The van der Waals surface area contributed by atoms with Gasteiger partial charge in [0.05, 0.1) is 11.6 Å². The molecule has 0 bridgehead atoms. The van der Waals surface area contributed by atoms with Crippen molar-refractivity contribution < 1.29 is 31.8 Å². The van der Waals surface area contributed by atoms with Crippen LogP contribution < -0.4 is 4.74 Å². The van der Waals surface area contributed by atoms with E-state index >= 15 is 0 Å². The predicted molar refractivity (Wildman–Crippen MR) is 93.1 cm³/mol.